The molecule has 24 heavy (non-hydrogen) atoms. The second-order valence-electron chi connectivity index (χ2n) is 8.69. The SMILES string of the molecule is Cc1cc(C)c(OCC(O)CNC(C)(C)CC(C)(C)C)c(C)c1.[Cl-]. The van der Waals surface area contributed by atoms with Crippen LogP contribution in [0.4, 0.5) is 0 Å². The summed E-state index contributed by atoms with van der Waals surface area (Å²) in [6.45, 7) is 18.1. The van der Waals surface area contributed by atoms with E-state index in [1.807, 2.05) is 13.8 Å². The van der Waals surface area contributed by atoms with Gasteiger partial charge in [0.05, 0.1) is 0 Å². The first-order valence-corrected chi connectivity index (χ1v) is 8.53. The van der Waals surface area contributed by atoms with Gasteiger partial charge in [0.15, 0.2) is 0 Å². The molecule has 1 unspecified atom stereocenters. The molecule has 3 nitrogen and oxygen atoms in total. The van der Waals surface area contributed by atoms with Gasteiger partial charge in [-0.15, -0.1) is 0 Å². The summed E-state index contributed by atoms with van der Waals surface area (Å²) in [5, 5.41) is 13.7. The van der Waals surface area contributed by atoms with E-state index >= 15 is 0 Å². The number of aryl methyl sites for hydroxylation is 3. The van der Waals surface area contributed by atoms with Crippen LogP contribution in [0.3, 0.4) is 0 Å². The van der Waals surface area contributed by atoms with E-state index in [0.29, 0.717) is 13.2 Å². The number of aliphatic hydroxyl groups excluding tert-OH is 1. The largest absolute Gasteiger partial charge is 1.00 e. The molecule has 0 bridgehead atoms. The van der Waals surface area contributed by atoms with Crippen molar-refractivity contribution < 1.29 is 22.3 Å². The highest BCUT2D eigenvalue weighted by Crippen LogP contribution is 2.27. The van der Waals surface area contributed by atoms with Crippen LogP contribution in [-0.2, 0) is 0 Å². The summed E-state index contributed by atoms with van der Waals surface area (Å²) in [7, 11) is 0. The van der Waals surface area contributed by atoms with Crippen LogP contribution in [-0.4, -0.2) is 29.9 Å². The van der Waals surface area contributed by atoms with Gasteiger partial charge in [0.1, 0.15) is 18.5 Å². The Bertz CT molecular complexity index is 498. The lowest BCUT2D eigenvalue weighted by molar-refractivity contribution is -0.00000845. The lowest BCUT2D eigenvalue weighted by Crippen LogP contribution is -3.00. The third-order valence-corrected chi connectivity index (χ3v) is 3.81. The second-order valence-corrected chi connectivity index (χ2v) is 8.69. The minimum atomic E-state index is -0.519. The zero-order valence-corrected chi connectivity index (χ0v) is 17.3. The molecule has 4 heteroatoms. The zero-order chi connectivity index (χ0) is 17.8. The molecule has 140 valence electrons. The Balaban J connectivity index is 0.00000529. The van der Waals surface area contributed by atoms with Crippen LogP contribution in [0.5, 0.6) is 5.75 Å². The molecule has 2 N–H and O–H groups in total. The minimum Gasteiger partial charge on any atom is -1.00 e. The van der Waals surface area contributed by atoms with Crippen molar-refractivity contribution in [2.75, 3.05) is 13.2 Å². The molecule has 1 atom stereocenters. The maximum atomic E-state index is 10.2. The molecule has 0 radical (unpaired) electrons. The van der Waals surface area contributed by atoms with E-state index in [1.165, 1.54) is 5.56 Å². The summed E-state index contributed by atoms with van der Waals surface area (Å²) < 4.78 is 5.86. The normalized spacial score (nSPS) is 13.4. The van der Waals surface area contributed by atoms with Gasteiger partial charge in [-0.3, -0.25) is 0 Å². The Hall–Kier alpha value is -0.770. The highest BCUT2D eigenvalue weighted by atomic mass is 35.5. The van der Waals surface area contributed by atoms with Crippen LogP contribution < -0.4 is 22.5 Å². The molecular formula is C20H35ClNO2-. The van der Waals surface area contributed by atoms with Gasteiger partial charge in [-0.1, -0.05) is 38.5 Å². The van der Waals surface area contributed by atoms with Crippen molar-refractivity contribution >= 4 is 0 Å². The number of hydrogen-bond acceptors (Lipinski definition) is 3. The average Bonchev–Trinajstić information content (AvgIpc) is 2.32. The third-order valence-electron chi connectivity index (χ3n) is 3.81. The highest BCUT2D eigenvalue weighted by Gasteiger charge is 2.25. The first kappa shape index (κ1) is 23.2. The first-order valence-electron chi connectivity index (χ1n) is 8.53. The van der Waals surface area contributed by atoms with Crippen molar-refractivity contribution in [3.05, 3.63) is 28.8 Å². The number of hydrogen-bond donors (Lipinski definition) is 2. The van der Waals surface area contributed by atoms with Crippen molar-refractivity contribution in [3.63, 3.8) is 0 Å². The van der Waals surface area contributed by atoms with Crippen LogP contribution in [0.25, 0.3) is 0 Å². The van der Waals surface area contributed by atoms with Crippen LogP contribution in [0.2, 0.25) is 0 Å². The number of nitrogens with one attached hydrogen (secondary N) is 1. The maximum Gasteiger partial charge on any atom is 0.125 e. The van der Waals surface area contributed by atoms with Crippen LogP contribution in [0.15, 0.2) is 12.1 Å². The quantitative estimate of drug-likeness (QED) is 0.770. The van der Waals surface area contributed by atoms with Crippen molar-refractivity contribution in [2.45, 2.75) is 73.5 Å². The van der Waals surface area contributed by atoms with Crippen molar-refractivity contribution in [1.82, 2.24) is 5.32 Å². The molecule has 0 saturated heterocycles. The molecular weight excluding hydrogens is 322 g/mol. The topological polar surface area (TPSA) is 41.5 Å². The van der Waals surface area contributed by atoms with Gasteiger partial charge in [-0.2, -0.15) is 0 Å². The summed E-state index contributed by atoms with van der Waals surface area (Å²) in [6, 6.07) is 4.22. The van der Waals surface area contributed by atoms with E-state index in [2.05, 4.69) is 59.0 Å². The minimum absolute atomic E-state index is 0. The van der Waals surface area contributed by atoms with Crippen molar-refractivity contribution in [3.8, 4) is 5.75 Å². The van der Waals surface area contributed by atoms with Crippen LogP contribution in [0, 0.1) is 26.2 Å². The second kappa shape index (κ2) is 9.07. The summed E-state index contributed by atoms with van der Waals surface area (Å²) in [4.78, 5) is 0. The number of benzene rings is 1. The fourth-order valence-corrected chi connectivity index (χ4v) is 3.42. The van der Waals surface area contributed by atoms with Crippen molar-refractivity contribution in [1.29, 1.82) is 0 Å². The number of aliphatic hydroxyl groups is 1. The van der Waals surface area contributed by atoms with Gasteiger partial charge in [-0.25, -0.2) is 0 Å². The summed E-state index contributed by atoms with van der Waals surface area (Å²) >= 11 is 0. The smallest absolute Gasteiger partial charge is 0.125 e. The lowest BCUT2D eigenvalue weighted by atomic mass is 9.82. The maximum absolute atomic E-state index is 10.2. The van der Waals surface area contributed by atoms with Gasteiger partial charge in [0.2, 0.25) is 0 Å². The molecule has 0 aliphatic carbocycles. The molecule has 1 aromatic rings. The van der Waals surface area contributed by atoms with E-state index in [4.69, 9.17) is 4.74 Å². The van der Waals surface area contributed by atoms with E-state index in [1.54, 1.807) is 0 Å². The number of ether oxygens (including phenoxy) is 1. The Kier molecular flexibility index (Phi) is 8.78. The first-order chi connectivity index (χ1) is 10.4. The van der Waals surface area contributed by atoms with Gasteiger partial charge < -0.3 is 27.6 Å². The van der Waals surface area contributed by atoms with Crippen molar-refractivity contribution in [2.24, 2.45) is 5.41 Å². The monoisotopic (exact) mass is 356 g/mol. The summed E-state index contributed by atoms with van der Waals surface area (Å²) in [6.07, 6.45) is 0.526. The molecule has 0 fully saturated rings. The molecule has 0 aliphatic rings. The van der Waals surface area contributed by atoms with Gasteiger partial charge in [0, 0.05) is 12.1 Å². The van der Waals surface area contributed by atoms with Gasteiger partial charge in [-0.05, 0) is 57.6 Å². The van der Waals surface area contributed by atoms with Gasteiger partial charge >= 0.3 is 0 Å². The molecule has 0 amide bonds. The number of β-amino-alcohol motifs (C(OH)–C–C–N with tert-alkyl or cyclic N) is 1. The Morgan fingerprint density at radius 3 is 2.00 bits per heavy atom. The predicted octanol–water partition coefficient (Wildman–Crippen LogP) is 1.16. The molecule has 1 rings (SSSR count). The fraction of sp³-hybridized carbons (Fsp3) is 0.700. The molecule has 0 heterocycles. The lowest BCUT2D eigenvalue weighted by Gasteiger charge is -2.34. The highest BCUT2D eigenvalue weighted by molar-refractivity contribution is 5.42. The average molecular weight is 357 g/mol. The number of rotatable bonds is 7. The molecule has 0 spiro atoms. The standard InChI is InChI=1S/C20H35NO2.ClH/c1-14-9-15(2)18(16(3)10-14)23-12-17(22)11-21-20(7,8)13-19(4,5)6;/h9-10,17,21-22H,11-13H2,1-8H3;1H/p-1. The van der Waals surface area contributed by atoms with E-state index in [-0.39, 0.29) is 23.4 Å². The molecule has 0 aliphatic heterocycles. The van der Waals surface area contributed by atoms with E-state index < -0.39 is 6.10 Å². The van der Waals surface area contributed by atoms with Crippen LogP contribution in [0.1, 0.15) is 57.7 Å². The molecule has 0 saturated carbocycles. The number of halogens is 1. The fourth-order valence-electron chi connectivity index (χ4n) is 3.42. The summed E-state index contributed by atoms with van der Waals surface area (Å²) in [5.41, 5.74) is 3.73. The molecule has 1 aromatic carbocycles. The third kappa shape index (κ3) is 8.36. The zero-order valence-electron chi connectivity index (χ0n) is 16.6. The Morgan fingerprint density at radius 1 is 1.04 bits per heavy atom. The van der Waals surface area contributed by atoms with Crippen LogP contribution >= 0.6 is 0 Å². The summed E-state index contributed by atoms with van der Waals surface area (Å²) in [5.74, 6) is 0.892. The van der Waals surface area contributed by atoms with Gasteiger partial charge in [0.25, 0.3) is 0 Å². The Labute approximate surface area is 154 Å². The Morgan fingerprint density at radius 2 is 1.54 bits per heavy atom. The van der Waals surface area contributed by atoms with E-state index in [0.717, 1.165) is 23.3 Å². The molecule has 0 aromatic heterocycles. The predicted molar refractivity (Wildman–Crippen MR) is 98.3 cm³/mol. The van der Waals surface area contributed by atoms with E-state index in [9.17, 15) is 5.11 Å².